The fraction of sp³-hybridized carbons (Fsp3) is 1.00. The third kappa shape index (κ3) is 4.84. The van der Waals surface area contributed by atoms with Gasteiger partial charge in [0.15, 0.2) is 0 Å². The molecule has 1 N–H and O–H groups in total. The molecule has 1 fully saturated rings. The zero-order valence-corrected chi connectivity index (χ0v) is 11.3. The highest BCUT2D eigenvalue weighted by atomic mass is 16.5. The van der Waals surface area contributed by atoms with Gasteiger partial charge in [0.1, 0.15) is 0 Å². The lowest BCUT2D eigenvalue weighted by atomic mass is 9.91. The van der Waals surface area contributed by atoms with Crippen LogP contribution in [-0.4, -0.2) is 25.3 Å². The molecule has 1 aliphatic carbocycles. The van der Waals surface area contributed by atoms with E-state index in [4.69, 9.17) is 4.74 Å². The first-order chi connectivity index (χ1) is 7.77. The van der Waals surface area contributed by atoms with Crippen molar-refractivity contribution in [2.75, 3.05) is 7.11 Å². The van der Waals surface area contributed by atoms with Gasteiger partial charge in [-0.05, 0) is 26.2 Å². The molecule has 0 spiro atoms. The van der Waals surface area contributed by atoms with Crippen LogP contribution in [-0.2, 0) is 4.74 Å². The summed E-state index contributed by atoms with van der Waals surface area (Å²) in [6.45, 7) is 4.58. The standard InChI is InChI=1S/C14H29NO/c1-4-5-6-9-12(2)15-13-10-7-8-11-14(13)16-3/h12-15H,4-11H2,1-3H3. The Labute approximate surface area is 101 Å². The molecule has 0 saturated heterocycles. The number of hydrogen-bond acceptors (Lipinski definition) is 2. The van der Waals surface area contributed by atoms with E-state index >= 15 is 0 Å². The van der Waals surface area contributed by atoms with Crippen LogP contribution >= 0.6 is 0 Å². The Hall–Kier alpha value is -0.0800. The van der Waals surface area contributed by atoms with E-state index < -0.39 is 0 Å². The van der Waals surface area contributed by atoms with Crippen LogP contribution in [0.1, 0.15) is 65.2 Å². The summed E-state index contributed by atoms with van der Waals surface area (Å²) in [6.07, 6.45) is 11.0. The zero-order chi connectivity index (χ0) is 11.8. The average molecular weight is 227 g/mol. The van der Waals surface area contributed by atoms with E-state index in [1.165, 1.54) is 51.4 Å². The Kier molecular flexibility index (Phi) is 7.06. The highest BCUT2D eigenvalue weighted by Crippen LogP contribution is 2.21. The summed E-state index contributed by atoms with van der Waals surface area (Å²) in [7, 11) is 1.85. The lowest BCUT2D eigenvalue weighted by Gasteiger charge is -2.33. The third-order valence-electron chi connectivity index (χ3n) is 3.74. The molecule has 0 aromatic carbocycles. The number of ether oxygens (including phenoxy) is 1. The van der Waals surface area contributed by atoms with E-state index in [1.54, 1.807) is 0 Å². The maximum absolute atomic E-state index is 5.57. The summed E-state index contributed by atoms with van der Waals surface area (Å²) in [4.78, 5) is 0. The van der Waals surface area contributed by atoms with Gasteiger partial charge < -0.3 is 10.1 Å². The first-order valence-electron chi connectivity index (χ1n) is 7.06. The molecule has 0 bridgehead atoms. The second-order valence-corrected chi connectivity index (χ2v) is 5.23. The number of hydrogen-bond donors (Lipinski definition) is 1. The van der Waals surface area contributed by atoms with Gasteiger partial charge in [0.25, 0.3) is 0 Å². The maximum atomic E-state index is 5.57. The van der Waals surface area contributed by atoms with Crippen LogP contribution in [0, 0.1) is 0 Å². The minimum atomic E-state index is 0.447. The second kappa shape index (κ2) is 8.08. The van der Waals surface area contributed by atoms with Crippen molar-refractivity contribution in [2.45, 2.75) is 83.4 Å². The molecule has 0 aromatic rings. The van der Waals surface area contributed by atoms with Gasteiger partial charge in [0.2, 0.25) is 0 Å². The molecule has 0 aromatic heterocycles. The molecule has 2 heteroatoms. The van der Waals surface area contributed by atoms with Crippen molar-refractivity contribution in [1.29, 1.82) is 0 Å². The summed E-state index contributed by atoms with van der Waals surface area (Å²) in [6, 6.07) is 1.24. The number of rotatable bonds is 7. The second-order valence-electron chi connectivity index (χ2n) is 5.23. The Morgan fingerprint density at radius 3 is 2.69 bits per heavy atom. The molecule has 0 radical (unpaired) electrons. The lowest BCUT2D eigenvalue weighted by Crippen LogP contribution is -2.46. The van der Waals surface area contributed by atoms with Crippen molar-refractivity contribution in [2.24, 2.45) is 0 Å². The fourth-order valence-corrected chi connectivity index (χ4v) is 2.72. The number of nitrogens with one attached hydrogen (secondary N) is 1. The quantitative estimate of drug-likeness (QED) is 0.672. The molecule has 1 aliphatic rings. The molecule has 3 unspecified atom stereocenters. The molecular formula is C14H29NO. The molecule has 0 amide bonds. The lowest BCUT2D eigenvalue weighted by molar-refractivity contribution is 0.0380. The van der Waals surface area contributed by atoms with Crippen LogP contribution in [0.5, 0.6) is 0 Å². The van der Waals surface area contributed by atoms with E-state index in [0.29, 0.717) is 18.2 Å². The van der Waals surface area contributed by atoms with Crippen LogP contribution < -0.4 is 5.32 Å². The minimum Gasteiger partial charge on any atom is -0.380 e. The van der Waals surface area contributed by atoms with Crippen molar-refractivity contribution in [3.63, 3.8) is 0 Å². The van der Waals surface area contributed by atoms with Crippen molar-refractivity contribution >= 4 is 0 Å². The van der Waals surface area contributed by atoms with Crippen molar-refractivity contribution in [3.05, 3.63) is 0 Å². The Bertz CT molecular complexity index is 172. The van der Waals surface area contributed by atoms with Gasteiger partial charge in [-0.1, -0.05) is 39.0 Å². The summed E-state index contributed by atoms with van der Waals surface area (Å²) >= 11 is 0. The van der Waals surface area contributed by atoms with Gasteiger partial charge >= 0.3 is 0 Å². The van der Waals surface area contributed by atoms with E-state index in [1.807, 2.05) is 7.11 Å². The Morgan fingerprint density at radius 2 is 2.00 bits per heavy atom. The summed E-state index contributed by atoms with van der Waals surface area (Å²) in [5.74, 6) is 0. The minimum absolute atomic E-state index is 0.447. The van der Waals surface area contributed by atoms with Gasteiger partial charge in [-0.15, -0.1) is 0 Å². The van der Waals surface area contributed by atoms with Crippen molar-refractivity contribution in [1.82, 2.24) is 5.32 Å². The van der Waals surface area contributed by atoms with Gasteiger partial charge in [0, 0.05) is 19.2 Å². The van der Waals surface area contributed by atoms with Crippen LogP contribution in [0.15, 0.2) is 0 Å². The van der Waals surface area contributed by atoms with E-state index in [2.05, 4.69) is 19.2 Å². The topological polar surface area (TPSA) is 21.3 Å². The van der Waals surface area contributed by atoms with Gasteiger partial charge in [-0.2, -0.15) is 0 Å². The summed E-state index contributed by atoms with van der Waals surface area (Å²) < 4.78 is 5.57. The summed E-state index contributed by atoms with van der Waals surface area (Å²) in [5, 5.41) is 3.75. The SMILES string of the molecule is CCCCCC(C)NC1CCCCC1OC. The monoisotopic (exact) mass is 227 g/mol. The summed E-state index contributed by atoms with van der Waals surface area (Å²) in [5.41, 5.74) is 0. The first kappa shape index (κ1) is 14.0. The molecule has 0 aliphatic heterocycles. The van der Waals surface area contributed by atoms with Crippen molar-refractivity contribution in [3.8, 4) is 0 Å². The van der Waals surface area contributed by atoms with Crippen LogP contribution in [0.3, 0.4) is 0 Å². The maximum Gasteiger partial charge on any atom is 0.0724 e. The van der Waals surface area contributed by atoms with E-state index in [0.717, 1.165) is 0 Å². The molecule has 3 atom stereocenters. The van der Waals surface area contributed by atoms with Gasteiger partial charge in [0.05, 0.1) is 6.10 Å². The number of methoxy groups -OCH3 is 1. The van der Waals surface area contributed by atoms with Crippen LogP contribution in [0.25, 0.3) is 0 Å². The molecule has 0 heterocycles. The van der Waals surface area contributed by atoms with Crippen LogP contribution in [0.2, 0.25) is 0 Å². The highest BCUT2D eigenvalue weighted by molar-refractivity contribution is 4.83. The molecule has 1 rings (SSSR count). The smallest absolute Gasteiger partial charge is 0.0724 e. The van der Waals surface area contributed by atoms with Crippen LogP contribution in [0.4, 0.5) is 0 Å². The molecular weight excluding hydrogens is 198 g/mol. The Balaban J connectivity index is 2.22. The first-order valence-corrected chi connectivity index (χ1v) is 7.06. The van der Waals surface area contributed by atoms with E-state index in [-0.39, 0.29) is 0 Å². The normalized spacial score (nSPS) is 27.9. The molecule has 96 valence electrons. The zero-order valence-electron chi connectivity index (χ0n) is 11.3. The Morgan fingerprint density at radius 1 is 1.25 bits per heavy atom. The highest BCUT2D eigenvalue weighted by Gasteiger charge is 2.25. The largest absolute Gasteiger partial charge is 0.380 e. The van der Waals surface area contributed by atoms with Gasteiger partial charge in [-0.25, -0.2) is 0 Å². The molecule has 16 heavy (non-hydrogen) atoms. The average Bonchev–Trinajstić information content (AvgIpc) is 2.30. The molecule has 1 saturated carbocycles. The van der Waals surface area contributed by atoms with Crippen molar-refractivity contribution < 1.29 is 4.74 Å². The number of unbranched alkanes of at least 4 members (excludes halogenated alkanes) is 2. The predicted octanol–water partition coefficient (Wildman–Crippen LogP) is 3.50. The third-order valence-corrected chi connectivity index (χ3v) is 3.74. The predicted molar refractivity (Wildman–Crippen MR) is 69.8 cm³/mol. The fourth-order valence-electron chi connectivity index (χ4n) is 2.72. The van der Waals surface area contributed by atoms with E-state index in [9.17, 15) is 0 Å². The molecule has 2 nitrogen and oxygen atoms in total. The van der Waals surface area contributed by atoms with Gasteiger partial charge in [-0.3, -0.25) is 0 Å².